The second-order valence-electron chi connectivity index (χ2n) is 5.33. The molecule has 0 aliphatic heterocycles. The number of hydrogen-bond acceptors (Lipinski definition) is 5. The van der Waals surface area contributed by atoms with Gasteiger partial charge in [-0.25, -0.2) is 9.97 Å². The normalized spacial score (nSPS) is 10.8. The van der Waals surface area contributed by atoms with Crippen LogP contribution in [0, 0.1) is 0 Å². The molecule has 0 atom stereocenters. The molecule has 7 nitrogen and oxygen atoms in total. The molecule has 2 heterocycles. The third-order valence-electron chi connectivity index (χ3n) is 3.63. The van der Waals surface area contributed by atoms with Gasteiger partial charge in [-0.2, -0.15) is 10.2 Å². The van der Waals surface area contributed by atoms with Gasteiger partial charge in [-0.05, 0) is 17.7 Å². The maximum atomic E-state index is 6.31. The Labute approximate surface area is 162 Å². The summed E-state index contributed by atoms with van der Waals surface area (Å²) in [6.07, 6.45) is 6.50. The van der Waals surface area contributed by atoms with Crippen LogP contribution in [-0.4, -0.2) is 47.5 Å². The standard InChI is InChI=1S/C15H17Cl2N7.ClH/c16-14-2-1-13(15(17)7-14)8-22(3-5-23-11-18-9-20-23)4-6-24-12-19-10-21-24;/h1-2,7,9-12H,3-6,8H2;1H. The fourth-order valence-corrected chi connectivity index (χ4v) is 2.81. The van der Waals surface area contributed by atoms with Crippen molar-refractivity contribution in [3.05, 3.63) is 59.1 Å². The van der Waals surface area contributed by atoms with Crippen molar-refractivity contribution in [2.75, 3.05) is 13.1 Å². The van der Waals surface area contributed by atoms with E-state index >= 15 is 0 Å². The predicted octanol–water partition coefficient (Wildman–Crippen LogP) is 2.80. The molecule has 3 aromatic rings. The van der Waals surface area contributed by atoms with Gasteiger partial charge in [-0.3, -0.25) is 14.3 Å². The van der Waals surface area contributed by atoms with Gasteiger partial charge in [-0.1, -0.05) is 29.3 Å². The van der Waals surface area contributed by atoms with Gasteiger partial charge in [0.2, 0.25) is 0 Å². The first-order valence-corrected chi connectivity index (χ1v) is 8.27. The van der Waals surface area contributed by atoms with Crippen molar-refractivity contribution in [3.63, 3.8) is 0 Å². The maximum absolute atomic E-state index is 6.31. The number of halogens is 3. The Morgan fingerprint density at radius 1 is 0.920 bits per heavy atom. The van der Waals surface area contributed by atoms with E-state index in [9.17, 15) is 0 Å². The molecule has 0 fully saturated rings. The summed E-state index contributed by atoms with van der Waals surface area (Å²) in [5.41, 5.74) is 1.04. The summed E-state index contributed by atoms with van der Waals surface area (Å²) in [6, 6.07) is 5.59. The summed E-state index contributed by atoms with van der Waals surface area (Å²) in [4.78, 5) is 10.2. The summed E-state index contributed by atoms with van der Waals surface area (Å²) >= 11 is 12.3. The lowest BCUT2D eigenvalue weighted by Gasteiger charge is -2.23. The van der Waals surface area contributed by atoms with Crippen molar-refractivity contribution in [3.8, 4) is 0 Å². The van der Waals surface area contributed by atoms with E-state index in [0.29, 0.717) is 10.0 Å². The van der Waals surface area contributed by atoms with Crippen LogP contribution >= 0.6 is 35.6 Å². The molecule has 3 rings (SSSR count). The van der Waals surface area contributed by atoms with E-state index in [4.69, 9.17) is 23.2 Å². The molecule has 0 N–H and O–H groups in total. The van der Waals surface area contributed by atoms with Crippen LogP contribution in [0.25, 0.3) is 0 Å². The van der Waals surface area contributed by atoms with Gasteiger partial charge in [0.15, 0.2) is 0 Å². The highest BCUT2D eigenvalue weighted by molar-refractivity contribution is 6.35. The van der Waals surface area contributed by atoms with Crippen LogP contribution in [0.3, 0.4) is 0 Å². The van der Waals surface area contributed by atoms with Gasteiger partial charge < -0.3 is 0 Å². The molecule has 0 saturated carbocycles. The van der Waals surface area contributed by atoms with E-state index < -0.39 is 0 Å². The van der Waals surface area contributed by atoms with Crippen molar-refractivity contribution in [2.45, 2.75) is 19.6 Å². The van der Waals surface area contributed by atoms with Gasteiger partial charge in [0, 0.05) is 29.7 Å². The molecule has 25 heavy (non-hydrogen) atoms. The number of benzene rings is 1. The van der Waals surface area contributed by atoms with Crippen LogP contribution in [0.1, 0.15) is 5.56 Å². The first-order chi connectivity index (χ1) is 11.7. The Morgan fingerprint density at radius 3 is 2.00 bits per heavy atom. The van der Waals surface area contributed by atoms with Crippen LogP contribution in [0.4, 0.5) is 0 Å². The molecule has 0 bridgehead atoms. The summed E-state index contributed by atoms with van der Waals surface area (Å²) in [7, 11) is 0. The van der Waals surface area contributed by atoms with Gasteiger partial charge in [-0.15, -0.1) is 12.4 Å². The first-order valence-electron chi connectivity index (χ1n) is 7.52. The van der Waals surface area contributed by atoms with Crippen LogP contribution in [0.5, 0.6) is 0 Å². The summed E-state index contributed by atoms with van der Waals surface area (Å²) in [5.74, 6) is 0. The van der Waals surface area contributed by atoms with Gasteiger partial charge in [0.1, 0.15) is 25.3 Å². The largest absolute Gasteiger partial charge is 0.295 e. The van der Waals surface area contributed by atoms with E-state index in [1.165, 1.54) is 12.7 Å². The van der Waals surface area contributed by atoms with Crippen molar-refractivity contribution in [1.29, 1.82) is 0 Å². The Bertz CT molecular complexity index is 708. The zero-order valence-corrected chi connectivity index (χ0v) is 15.7. The van der Waals surface area contributed by atoms with Crippen molar-refractivity contribution < 1.29 is 0 Å². The number of hydrogen-bond donors (Lipinski definition) is 0. The Hall–Kier alpha value is -1.67. The molecule has 0 unspecified atom stereocenters. The second kappa shape index (κ2) is 9.72. The predicted molar refractivity (Wildman–Crippen MR) is 99.0 cm³/mol. The molecular weight excluding hydrogens is 385 g/mol. The average molecular weight is 403 g/mol. The monoisotopic (exact) mass is 401 g/mol. The lowest BCUT2D eigenvalue weighted by Crippen LogP contribution is -2.31. The van der Waals surface area contributed by atoms with Gasteiger partial charge in [0.25, 0.3) is 0 Å². The van der Waals surface area contributed by atoms with Crippen LogP contribution < -0.4 is 0 Å². The van der Waals surface area contributed by atoms with Gasteiger partial charge >= 0.3 is 0 Å². The summed E-state index contributed by atoms with van der Waals surface area (Å²) < 4.78 is 3.62. The topological polar surface area (TPSA) is 64.7 Å². The minimum absolute atomic E-state index is 0. The average Bonchev–Trinajstić information content (AvgIpc) is 3.26. The Morgan fingerprint density at radius 2 is 1.52 bits per heavy atom. The van der Waals surface area contributed by atoms with E-state index in [-0.39, 0.29) is 12.4 Å². The zero-order chi connectivity index (χ0) is 16.8. The number of aromatic nitrogens is 6. The van der Waals surface area contributed by atoms with E-state index in [1.807, 2.05) is 21.5 Å². The number of nitrogens with zero attached hydrogens (tertiary/aromatic N) is 7. The molecule has 134 valence electrons. The summed E-state index contributed by atoms with van der Waals surface area (Å²) in [6.45, 7) is 3.86. The molecule has 0 aliphatic carbocycles. The Balaban J connectivity index is 0.00000225. The SMILES string of the molecule is Cl.Clc1ccc(CN(CCn2cncn2)CCn2cncn2)c(Cl)c1. The molecule has 1 aromatic carbocycles. The van der Waals surface area contributed by atoms with Crippen LogP contribution in [0.15, 0.2) is 43.5 Å². The van der Waals surface area contributed by atoms with Crippen LogP contribution in [0.2, 0.25) is 10.0 Å². The highest BCUT2D eigenvalue weighted by Gasteiger charge is 2.10. The quantitative estimate of drug-likeness (QED) is 0.580. The molecule has 10 heteroatoms. The smallest absolute Gasteiger partial charge is 0.137 e. The minimum atomic E-state index is 0. The fraction of sp³-hybridized carbons (Fsp3) is 0.333. The number of rotatable bonds is 8. The second-order valence-corrected chi connectivity index (χ2v) is 6.17. The first kappa shape index (κ1) is 19.7. The third-order valence-corrected chi connectivity index (χ3v) is 4.22. The molecule has 0 spiro atoms. The maximum Gasteiger partial charge on any atom is 0.137 e. The van der Waals surface area contributed by atoms with Crippen molar-refractivity contribution in [2.24, 2.45) is 0 Å². The molecular formula is C15H18Cl3N7. The van der Waals surface area contributed by atoms with Gasteiger partial charge in [0.05, 0.1) is 13.1 Å². The molecule has 0 amide bonds. The van der Waals surface area contributed by atoms with Crippen LogP contribution in [-0.2, 0) is 19.6 Å². The Kier molecular flexibility index (Phi) is 7.64. The molecule has 0 saturated heterocycles. The zero-order valence-electron chi connectivity index (χ0n) is 13.4. The highest BCUT2D eigenvalue weighted by Crippen LogP contribution is 2.22. The lowest BCUT2D eigenvalue weighted by atomic mass is 10.2. The van der Waals surface area contributed by atoms with E-state index in [1.54, 1.807) is 18.7 Å². The van der Waals surface area contributed by atoms with E-state index in [0.717, 1.165) is 38.3 Å². The van der Waals surface area contributed by atoms with Crippen molar-refractivity contribution >= 4 is 35.6 Å². The minimum Gasteiger partial charge on any atom is -0.295 e. The summed E-state index contributed by atoms with van der Waals surface area (Å²) in [5, 5.41) is 9.60. The van der Waals surface area contributed by atoms with Crippen molar-refractivity contribution in [1.82, 2.24) is 34.4 Å². The third kappa shape index (κ3) is 5.97. The highest BCUT2D eigenvalue weighted by atomic mass is 35.5. The molecule has 0 radical (unpaired) electrons. The molecule has 2 aromatic heterocycles. The molecule has 0 aliphatic rings. The fourth-order valence-electron chi connectivity index (χ4n) is 2.34. The lowest BCUT2D eigenvalue weighted by molar-refractivity contribution is 0.237. The van der Waals surface area contributed by atoms with E-state index in [2.05, 4.69) is 25.1 Å².